The van der Waals surface area contributed by atoms with Gasteiger partial charge >= 0.3 is 0 Å². The van der Waals surface area contributed by atoms with Crippen LogP contribution in [0.25, 0.3) is 0 Å². The van der Waals surface area contributed by atoms with Gasteiger partial charge in [-0.2, -0.15) is 11.8 Å². The third-order valence-electron chi connectivity index (χ3n) is 4.30. The molecule has 33 heavy (non-hydrogen) atoms. The molecule has 0 amide bonds. The van der Waals surface area contributed by atoms with Gasteiger partial charge in [-0.3, -0.25) is 0 Å². The van der Waals surface area contributed by atoms with Crippen LogP contribution >= 0.6 is 11.8 Å². The predicted molar refractivity (Wildman–Crippen MR) is 142 cm³/mol. The predicted octanol–water partition coefficient (Wildman–Crippen LogP) is 7.89. The van der Waals surface area contributed by atoms with E-state index < -0.39 is 0 Å². The first-order valence-corrected chi connectivity index (χ1v) is 11.8. The van der Waals surface area contributed by atoms with Gasteiger partial charge in [0, 0.05) is 6.26 Å². The van der Waals surface area contributed by atoms with Crippen LogP contribution in [0.5, 0.6) is 0 Å². The van der Waals surface area contributed by atoms with Crippen LogP contribution in [-0.2, 0) is 16.5 Å². The minimum atomic E-state index is 0.598. The van der Waals surface area contributed by atoms with Crippen LogP contribution in [-0.4, -0.2) is 13.4 Å². The quantitative estimate of drug-likeness (QED) is 0.286. The molecule has 0 atom stereocenters. The zero-order valence-corrected chi connectivity index (χ0v) is 20.2. The van der Waals surface area contributed by atoms with Crippen molar-refractivity contribution in [3.63, 3.8) is 0 Å². The summed E-state index contributed by atoms with van der Waals surface area (Å²) in [6, 6.07) is 41.6. The van der Waals surface area contributed by atoms with E-state index in [4.69, 9.17) is 5.11 Å². The second-order valence-electron chi connectivity index (χ2n) is 6.60. The van der Waals surface area contributed by atoms with Gasteiger partial charge in [0.1, 0.15) is 0 Å². The maximum atomic E-state index is 8.25. The van der Waals surface area contributed by atoms with Gasteiger partial charge in [-0.15, -0.1) is 0 Å². The van der Waals surface area contributed by atoms with Gasteiger partial charge in [-0.25, -0.2) is 5.11 Å². The smallest absolute Gasteiger partial charge is 0.0718 e. The number of ether oxygens (including phenoxy) is 1. The fourth-order valence-corrected chi connectivity index (χ4v) is 3.01. The number of hydrogen-bond donors (Lipinski definition) is 0. The minimum Gasteiger partial charge on any atom is -0.374 e. The Morgan fingerprint density at radius 2 is 0.909 bits per heavy atom. The molecule has 4 rings (SSSR count). The van der Waals surface area contributed by atoms with Gasteiger partial charge in [0.15, 0.2) is 0 Å². The number of hydrogen-bond acceptors (Lipinski definition) is 2. The van der Waals surface area contributed by atoms with Crippen LogP contribution in [0.2, 0.25) is 0 Å². The van der Waals surface area contributed by atoms with Crippen LogP contribution < -0.4 is 0 Å². The number of thioether (sulfide) groups is 1. The number of rotatable bonds is 5. The molecule has 0 saturated carbocycles. The lowest BCUT2D eigenvalue weighted by molar-refractivity contribution is 0.229. The molecule has 0 heterocycles. The van der Waals surface area contributed by atoms with Crippen LogP contribution in [0.1, 0.15) is 22.3 Å². The number of benzene rings is 4. The molecule has 170 valence electrons. The van der Waals surface area contributed by atoms with E-state index in [1.807, 2.05) is 36.6 Å². The Kier molecular flexibility index (Phi) is 16.0. The van der Waals surface area contributed by atoms with Crippen molar-refractivity contribution in [3.05, 3.63) is 163 Å². The summed E-state index contributed by atoms with van der Waals surface area (Å²) < 4.78 is 4.68. The first-order valence-electron chi connectivity index (χ1n) is 10.4. The summed E-state index contributed by atoms with van der Waals surface area (Å²) in [4.78, 5) is 0. The summed E-state index contributed by atoms with van der Waals surface area (Å²) >= 11 is 1.50. The maximum absolute atomic E-state index is 8.25. The van der Waals surface area contributed by atoms with E-state index in [2.05, 4.69) is 109 Å². The van der Waals surface area contributed by atoms with Gasteiger partial charge in [0.05, 0.1) is 26.7 Å². The van der Waals surface area contributed by atoms with Crippen LogP contribution in [0.15, 0.2) is 121 Å². The van der Waals surface area contributed by atoms with Crippen LogP contribution in [0, 0.1) is 19.3 Å². The molecule has 4 aromatic rings. The Bertz CT molecular complexity index is 836. The lowest BCUT2D eigenvalue weighted by Crippen LogP contribution is -2.03. The lowest BCUT2D eigenvalue weighted by atomic mass is 9.85. The van der Waals surface area contributed by atoms with Crippen molar-refractivity contribution in [2.24, 2.45) is 0 Å². The summed E-state index contributed by atoms with van der Waals surface area (Å²) in [6.07, 6.45) is 5.33. The molecule has 0 aliphatic rings. The van der Waals surface area contributed by atoms with Crippen molar-refractivity contribution in [1.82, 2.24) is 0 Å². The zero-order valence-electron chi connectivity index (χ0n) is 19.4. The van der Waals surface area contributed by atoms with Crippen LogP contribution in [0.3, 0.4) is 0 Å². The zero-order chi connectivity index (χ0) is 24.2. The van der Waals surface area contributed by atoms with E-state index in [1.165, 1.54) is 34.4 Å². The molecule has 0 aromatic heterocycles. The Labute approximate surface area is 204 Å². The highest BCUT2D eigenvalue weighted by molar-refractivity contribution is 7.99. The molecule has 0 N–H and O–H groups in total. The van der Waals surface area contributed by atoms with E-state index in [0.717, 1.165) is 12.7 Å². The van der Waals surface area contributed by atoms with E-state index in [0.29, 0.717) is 6.61 Å². The summed E-state index contributed by atoms with van der Waals surface area (Å²) in [5.74, 6) is 1.28. The second-order valence-corrected chi connectivity index (χ2v) is 7.17. The Balaban J connectivity index is 0.000000326. The molecule has 3 heteroatoms. The summed E-state index contributed by atoms with van der Waals surface area (Å²) in [7, 11) is 4.03. The largest absolute Gasteiger partial charge is 0.374 e. The lowest BCUT2D eigenvalue weighted by Gasteiger charge is -2.17. The van der Waals surface area contributed by atoms with Crippen molar-refractivity contribution in [2.45, 2.75) is 6.61 Å². The van der Waals surface area contributed by atoms with Crippen molar-refractivity contribution in [3.8, 4) is 0 Å². The van der Waals surface area contributed by atoms with Crippen molar-refractivity contribution >= 4 is 11.8 Å². The van der Waals surface area contributed by atoms with Crippen molar-refractivity contribution in [2.75, 3.05) is 13.4 Å². The molecule has 0 aliphatic heterocycles. The molecule has 0 fully saturated rings. The van der Waals surface area contributed by atoms with Crippen molar-refractivity contribution in [1.29, 1.82) is 0 Å². The average molecular weight is 457 g/mol. The van der Waals surface area contributed by atoms with Gasteiger partial charge < -0.3 is 4.74 Å². The van der Waals surface area contributed by atoms with Gasteiger partial charge in [0.25, 0.3) is 0 Å². The third kappa shape index (κ3) is 11.0. The van der Waals surface area contributed by atoms with Gasteiger partial charge in [-0.05, 0) is 28.5 Å². The normalized spacial score (nSPS) is 9.39. The van der Waals surface area contributed by atoms with Gasteiger partial charge in [0.2, 0.25) is 0 Å². The topological polar surface area (TPSA) is 29.1 Å². The Morgan fingerprint density at radius 3 is 1.18 bits per heavy atom. The molecule has 0 saturated heterocycles. The third-order valence-corrected chi connectivity index (χ3v) is 4.30. The fraction of sp³-hybridized carbons (Fsp3) is 0.100. The van der Waals surface area contributed by atoms with Crippen LogP contribution in [0.4, 0.5) is 0 Å². The Hall–Kier alpha value is -2.85. The van der Waals surface area contributed by atoms with Crippen molar-refractivity contribution < 1.29 is 9.84 Å². The van der Waals surface area contributed by atoms with Gasteiger partial charge in [-0.1, -0.05) is 121 Å². The maximum Gasteiger partial charge on any atom is 0.0718 e. The average Bonchev–Trinajstić information content (AvgIpc) is 2.89. The highest BCUT2D eigenvalue weighted by atomic mass is 32.2. The van der Waals surface area contributed by atoms with E-state index in [1.54, 1.807) is 0 Å². The SMILES string of the molecule is C[O].[CH2]OCc1ccccc1.[CH2]SC.c1ccc([C](c2ccccc2)c2ccccc2)cc1. The second kappa shape index (κ2) is 18.7. The molecule has 2 nitrogen and oxygen atoms in total. The molecule has 0 aliphatic carbocycles. The molecule has 0 bridgehead atoms. The Morgan fingerprint density at radius 1 is 0.636 bits per heavy atom. The first-order chi connectivity index (χ1) is 16.3. The molecule has 0 unspecified atom stereocenters. The van der Waals surface area contributed by atoms with E-state index in [-0.39, 0.29) is 0 Å². The highest BCUT2D eigenvalue weighted by Gasteiger charge is 2.16. The molecule has 4 aromatic carbocycles. The summed E-state index contributed by atoms with van der Waals surface area (Å²) in [5.41, 5.74) is 4.91. The molecule has 4 radical (unpaired) electrons. The molecular formula is C30H32O2S. The fourth-order valence-electron chi connectivity index (χ4n) is 3.01. The summed E-state index contributed by atoms with van der Waals surface area (Å²) in [5, 5.41) is 8.25. The van der Waals surface area contributed by atoms with E-state index >= 15 is 0 Å². The molecule has 0 spiro atoms. The highest BCUT2D eigenvalue weighted by Crippen LogP contribution is 2.30. The monoisotopic (exact) mass is 456 g/mol. The first kappa shape index (κ1) is 28.2. The minimum absolute atomic E-state index is 0.598. The standard InChI is InChI=1S/C19H15.C8H9O.C2H5S.CH3O/c1-4-10-16(11-5-1)19(17-12-6-2-7-13-17)18-14-8-3-9-15-18;1-9-7-8-5-3-2-4-6-8;1-3-2;1-2/h1-15H;2-6H,1,7H2;1H2,2H3;1H3. The summed E-state index contributed by atoms with van der Waals surface area (Å²) in [6.45, 7) is 0.598. The van der Waals surface area contributed by atoms with E-state index in [9.17, 15) is 0 Å². The molecular weight excluding hydrogens is 424 g/mol.